The largest absolute Gasteiger partial charge is 0.488 e. The van der Waals surface area contributed by atoms with Gasteiger partial charge in [-0.05, 0) is 47.9 Å². The number of hydrogen-bond acceptors (Lipinski definition) is 6. The summed E-state index contributed by atoms with van der Waals surface area (Å²) in [4.78, 5) is 26.0. The van der Waals surface area contributed by atoms with Crippen LogP contribution >= 0.6 is 0 Å². The summed E-state index contributed by atoms with van der Waals surface area (Å²) in [5, 5.41) is 0. The van der Waals surface area contributed by atoms with E-state index < -0.39 is 5.97 Å². The minimum Gasteiger partial charge on any atom is -0.488 e. The zero-order chi connectivity index (χ0) is 25.5. The summed E-state index contributed by atoms with van der Waals surface area (Å²) in [5.74, 6) is -0.0933. The maximum absolute atomic E-state index is 13.9. The Morgan fingerprint density at radius 1 is 0.694 bits per heavy atom. The molecule has 6 heteroatoms. The molecule has 0 bridgehead atoms. The van der Waals surface area contributed by atoms with Gasteiger partial charge in [0.2, 0.25) is 5.78 Å². The van der Waals surface area contributed by atoms with Gasteiger partial charge in [0, 0.05) is 11.3 Å². The fourth-order valence-electron chi connectivity index (χ4n) is 3.84. The molecule has 36 heavy (non-hydrogen) atoms. The number of nitrogen functional groups attached to an aromatic ring is 1. The van der Waals surface area contributed by atoms with Crippen molar-refractivity contribution in [3.8, 4) is 11.5 Å². The van der Waals surface area contributed by atoms with Crippen molar-refractivity contribution in [3.63, 3.8) is 0 Å². The summed E-state index contributed by atoms with van der Waals surface area (Å²) in [6, 6.07) is 27.7. The molecular formula is C30H27NO5. The molecule has 0 heterocycles. The van der Waals surface area contributed by atoms with Gasteiger partial charge in [0.1, 0.15) is 30.3 Å². The van der Waals surface area contributed by atoms with Crippen LogP contribution in [0.15, 0.2) is 91.0 Å². The van der Waals surface area contributed by atoms with Gasteiger partial charge in [0.05, 0.1) is 12.7 Å². The molecule has 0 saturated carbocycles. The highest BCUT2D eigenvalue weighted by molar-refractivity contribution is 6.14. The van der Waals surface area contributed by atoms with Crippen molar-refractivity contribution in [2.75, 3.05) is 12.8 Å². The smallest absolute Gasteiger partial charge is 0.339 e. The van der Waals surface area contributed by atoms with Crippen LogP contribution in [0.5, 0.6) is 11.5 Å². The number of methoxy groups -OCH3 is 1. The number of anilines is 1. The van der Waals surface area contributed by atoms with E-state index in [-0.39, 0.29) is 35.8 Å². The molecule has 0 aliphatic heterocycles. The first-order valence-electron chi connectivity index (χ1n) is 11.5. The second kappa shape index (κ2) is 11.2. The third-order valence-corrected chi connectivity index (χ3v) is 5.85. The monoisotopic (exact) mass is 481 g/mol. The minimum atomic E-state index is -0.562. The minimum absolute atomic E-state index is 0.196. The van der Waals surface area contributed by atoms with Crippen molar-refractivity contribution in [1.82, 2.24) is 0 Å². The number of carbonyl (C=O) groups is 2. The Bertz CT molecular complexity index is 1310. The number of benzene rings is 4. The van der Waals surface area contributed by atoms with Crippen molar-refractivity contribution in [2.24, 2.45) is 0 Å². The molecule has 6 nitrogen and oxygen atoms in total. The van der Waals surface area contributed by atoms with Gasteiger partial charge in [-0.25, -0.2) is 4.79 Å². The van der Waals surface area contributed by atoms with E-state index in [1.54, 1.807) is 31.2 Å². The van der Waals surface area contributed by atoms with Crippen molar-refractivity contribution < 1.29 is 23.8 Å². The van der Waals surface area contributed by atoms with Gasteiger partial charge in [0.25, 0.3) is 0 Å². The van der Waals surface area contributed by atoms with Crippen molar-refractivity contribution in [3.05, 3.63) is 124 Å². The molecule has 0 fully saturated rings. The van der Waals surface area contributed by atoms with E-state index in [0.717, 1.165) is 11.1 Å². The second-order valence-corrected chi connectivity index (χ2v) is 8.20. The lowest BCUT2D eigenvalue weighted by Gasteiger charge is -2.18. The van der Waals surface area contributed by atoms with E-state index in [4.69, 9.17) is 19.9 Å². The number of hydrogen-bond donors (Lipinski definition) is 1. The van der Waals surface area contributed by atoms with E-state index in [1.165, 1.54) is 13.2 Å². The topological polar surface area (TPSA) is 87.9 Å². The maximum Gasteiger partial charge on any atom is 0.339 e. The fourth-order valence-corrected chi connectivity index (χ4v) is 3.84. The van der Waals surface area contributed by atoms with Crippen LogP contribution in [0.4, 0.5) is 5.69 Å². The Kier molecular flexibility index (Phi) is 7.66. The first-order chi connectivity index (χ1) is 17.5. The van der Waals surface area contributed by atoms with E-state index in [9.17, 15) is 9.59 Å². The Balaban J connectivity index is 1.73. The normalized spacial score (nSPS) is 10.5. The van der Waals surface area contributed by atoms with Gasteiger partial charge in [-0.3, -0.25) is 4.79 Å². The predicted octanol–water partition coefficient (Wildman–Crippen LogP) is 5.75. The lowest BCUT2D eigenvalue weighted by molar-refractivity contribution is 0.0601. The number of ketones is 1. The zero-order valence-electron chi connectivity index (χ0n) is 20.2. The molecule has 182 valence electrons. The molecule has 4 aromatic rings. The van der Waals surface area contributed by atoms with Crippen LogP contribution in [0, 0.1) is 6.92 Å². The van der Waals surface area contributed by atoms with Gasteiger partial charge in [-0.1, -0.05) is 66.7 Å². The number of esters is 1. The average molecular weight is 482 g/mol. The molecule has 0 saturated heterocycles. The molecule has 0 amide bonds. The summed E-state index contributed by atoms with van der Waals surface area (Å²) in [6.45, 7) is 2.27. The zero-order valence-corrected chi connectivity index (χ0v) is 20.2. The molecule has 0 atom stereocenters. The molecule has 0 unspecified atom stereocenters. The van der Waals surface area contributed by atoms with Crippen LogP contribution in [-0.2, 0) is 18.0 Å². The van der Waals surface area contributed by atoms with Crippen LogP contribution in [0.1, 0.15) is 43.0 Å². The van der Waals surface area contributed by atoms with E-state index in [0.29, 0.717) is 22.6 Å². The third-order valence-electron chi connectivity index (χ3n) is 5.85. The average Bonchev–Trinajstić information content (AvgIpc) is 2.92. The van der Waals surface area contributed by atoms with E-state index in [2.05, 4.69) is 0 Å². The first-order valence-corrected chi connectivity index (χ1v) is 11.5. The summed E-state index contributed by atoms with van der Waals surface area (Å²) in [7, 11) is 1.28. The first kappa shape index (κ1) is 24.5. The molecule has 0 aliphatic rings. The molecule has 0 aromatic heterocycles. The molecule has 0 spiro atoms. The standard InChI is InChI=1S/C30H27NO5/c1-20-23(16-17-24(28(20)31)30(33)34-2)29(32)27-25(35-18-21-10-5-3-6-11-21)14-9-15-26(27)36-19-22-12-7-4-8-13-22/h3-17H,18-19,31H2,1-2H3. The molecule has 0 radical (unpaired) electrons. The molecule has 0 aliphatic carbocycles. The number of carbonyl (C=O) groups excluding carboxylic acids is 2. The second-order valence-electron chi connectivity index (χ2n) is 8.20. The predicted molar refractivity (Wildman–Crippen MR) is 138 cm³/mol. The van der Waals surface area contributed by atoms with Gasteiger partial charge < -0.3 is 19.9 Å². The Labute approximate surface area is 210 Å². The van der Waals surface area contributed by atoms with Gasteiger partial charge in [-0.15, -0.1) is 0 Å². The summed E-state index contributed by atoms with van der Waals surface area (Å²) < 4.78 is 17.0. The summed E-state index contributed by atoms with van der Waals surface area (Å²) >= 11 is 0. The molecule has 4 rings (SSSR count). The van der Waals surface area contributed by atoms with Crippen molar-refractivity contribution in [1.29, 1.82) is 0 Å². The van der Waals surface area contributed by atoms with Crippen LogP contribution in [0.25, 0.3) is 0 Å². The lowest BCUT2D eigenvalue weighted by atomic mass is 9.94. The van der Waals surface area contributed by atoms with E-state index >= 15 is 0 Å². The third kappa shape index (κ3) is 5.39. The van der Waals surface area contributed by atoms with Crippen LogP contribution < -0.4 is 15.2 Å². The Morgan fingerprint density at radius 3 is 1.69 bits per heavy atom. The highest BCUT2D eigenvalue weighted by atomic mass is 16.5. The number of nitrogens with two attached hydrogens (primary N) is 1. The lowest BCUT2D eigenvalue weighted by Crippen LogP contribution is -2.13. The quantitative estimate of drug-likeness (QED) is 0.186. The molecule has 4 aromatic carbocycles. The summed E-state index contributed by atoms with van der Waals surface area (Å²) in [5.41, 5.74) is 9.66. The van der Waals surface area contributed by atoms with Gasteiger partial charge in [-0.2, -0.15) is 0 Å². The fraction of sp³-hybridized carbons (Fsp3) is 0.133. The SMILES string of the molecule is COC(=O)c1ccc(C(=O)c2c(OCc3ccccc3)cccc2OCc2ccccc2)c(C)c1N. The molecular weight excluding hydrogens is 454 g/mol. The highest BCUT2D eigenvalue weighted by Gasteiger charge is 2.25. The Morgan fingerprint density at radius 2 is 1.19 bits per heavy atom. The number of rotatable bonds is 9. The van der Waals surface area contributed by atoms with Crippen molar-refractivity contribution >= 4 is 17.4 Å². The summed E-state index contributed by atoms with van der Waals surface area (Å²) in [6.07, 6.45) is 0. The highest BCUT2D eigenvalue weighted by Crippen LogP contribution is 2.34. The van der Waals surface area contributed by atoms with Crippen LogP contribution in [0.3, 0.4) is 0 Å². The van der Waals surface area contributed by atoms with Gasteiger partial charge in [0.15, 0.2) is 0 Å². The Hall–Kier alpha value is -4.58. The van der Waals surface area contributed by atoms with Crippen LogP contribution in [0.2, 0.25) is 0 Å². The van der Waals surface area contributed by atoms with Gasteiger partial charge >= 0.3 is 5.97 Å². The number of ether oxygens (including phenoxy) is 3. The van der Waals surface area contributed by atoms with Crippen LogP contribution in [-0.4, -0.2) is 18.9 Å². The van der Waals surface area contributed by atoms with E-state index in [1.807, 2.05) is 60.7 Å². The van der Waals surface area contributed by atoms with Crippen molar-refractivity contribution in [2.45, 2.75) is 20.1 Å². The maximum atomic E-state index is 13.9. The molecule has 2 N–H and O–H groups in total.